The van der Waals surface area contributed by atoms with Gasteiger partial charge in [-0.2, -0.15) is 0 Å². The van der Waals surface area contributed by atoms with Crippen molar-refractivity contribution < 1.29 is 8.78 Å². The molecular formula is C55H64F2. The summed E-state index contributed by atoms with van der Waals surface area (Å²) in [4.78, 5) is 0. The first-order valence-electron chi connectivity index (χ1n) is 22.1. The number of unbranched alkanes of at least 4 members (excludes halogenated alkanes) is 5. The Kier molecular flexibility index (Phi) is 18.0. The molecule has 0 saturated carbocycles. The Hall–Kier alpha value is -4.66. The van der Waals surface area contributed by atoms with E-state index in [1.165, 1.54) is 94.6 Å². The predicted octanol–water partition coefficient (Wildman–Crippen LogP) is 15.8. The van der Waals surface area contributed by atoms with E-state index >= 15 is 0 Å². The highest BCUT2D eigenvalue weighted by atomic mass is 19.1. The van der Waals surface area contributed by atoms with Crippen molar-refractivity contribution in [2.75, 3.05) is 0 Å². The minimum Gasteiger partial charge on any atom is -0.206 e. The highest BCUT2D eigenvalue weighted by molar-refractivity contribution is 5.66. The van der Waals surface area contributed by atoms with Crippen LogP contribution in [0.2, 0.25) is 0 Å². The number of aryl methyl sites for hydroxylation is 2. The first-order chi connectivity index (χ1) is 27.9. The summed E-state index contributed by atoms with van der Waals surface area (Å²) in [5, 5.41) is 0. The van der Waals surface area contributed by atoms with Gasteiger partial charge in [0.2, 0.25) is 0 Å². The average Bonchev–Trinajstić information content (AvgIpc) is 3.25. The molecule has 2 heteroatoms. The maximum Gasteiger partial charge on any atom is 0.131 e. The molecule has 4 aromatic rings. The third kappa shape index (κ3) is 14.0. The minimum atomic E-state index is -0.154. The first-order valence-corrected chi connectivity index (χ1v) is 22.1. The molecule has 2 aliphatic rings. The van der Waals surface area contributed by atoms with E-state index in [0.29, 0.717) is 11.1 Å². The lowest BCUT2D eigenvalue weighted by Gasteiger charge is -2.19. The summed E-state index contributed by atoms with van der Waals surface area (Å²) in [6.07, 6.45) is 25.7. The summed E-state index contributed by atoms with van der Waals surface area (Å²) < 4.78 is 28.6. The first kappa shape index (κ1) is 43.5. The fraction of sp³-hybridized carbons (Fsp3) is 0.418. The van der Waals surface area contributed by atoms with Gasteiger partial charge in [0.05, 0.1) is 0 Å². The van der Waals surface area contributed by atoms with Crippen LogP contribution < -0.4 is 0 Å². The predicted molar refractivity (Wildman–Crippen MR) is 240 cm³/mol. The van der Waals surface area contributed by atoms with Gasteiger partial charge >= 0.3 is 0 Å². The number of hydrogen-bond acceptors (Lipinski definition) is 0. The summed E-state index contributed by atoms with van der Waals surface area (Å²) >= 11 is 0. The zero-order valence-electron chi connectivity index (χ0n) is 35.2. The van der Waals surface area contributed by atoms with Gasteiger partial charge < -0.3 is 0 Å². The van der Waals surface area contributed by atoms with E-state index in [1.807, 2.05) is 86.6 Å². The third-order valence-corrected chi connectivity index (χ3v) is 11.7. The molecule has 298 valence electrons. The van der Waals surface area contributed by atoms with Crippen molar-refractivity contribution in [2.45, 2.75) is 137 Å². The van der Waals surface area contributed by atoms with Gasteiger partial charge in [0.15, 0.2) is 0 Å². The van der Waals surface area contributed by atoms with E-state index in [-0.39, 0.29) is 11.6 Å². The highest BCUT2D eigenvalue weighted by Gasteiger charge is 2.14. The van der Waals surface area contributed by atoms with Crippen molar-refractivity contribution in [3.8, 4) is 45.9 Å². The van der Waals surface area contributed by atoms with Gasteiger partial charge in [-0.3, -0.25) is 0 Å². The Bertz CT molecular complexity index is 2040. The van der Waals surface area contributed by atoms with Crippen LogP contribution in [-0.2, 0) is 12.8 Å². The zero-order valence-corrected chi connectivity index (χ0v) is 35.2. The molecule has 0 heterocycles. The van der Waals surface area contributed by atoms with Crippen LogP contribution in [0.4, 0.5) is 8.78 Å². The molecule has 0 aromatic heterocycles. The second kappa shape index (κ2) is 23.5. The van der Waals surface area contributed by atoms with Crippen molar-refractivity contribution in [3.63, 3.8) is 0 Å². The number of allylic oxidation sites excluding steroid dienone is 4. The fourth-order valence-corrected chi connectivity index (χ4v) is 7.87. The lowest BCUT2D eigenvalue weighted by molar-refractivity contribution is 0.417. The largest absolute Gasteiger partial charge is 0.206 e. The standard InChI is InChI=1S/C28H33F.C27H31F/c1-3-5-6-7-8-23-9-11-24(12-10-23)13-14-25-15-18-26(19-16-25)27-20-17-22(4-2)21-28(27)29;1-3-5-6-7-22-8-10-23(11-9-22)12-13-24-14-17-25(18-15-24)26-19-16-21(4-2)20-27(26)28/h11,15-21,23H,3-10,12H2,1-2H3;10,14-20,22H,3-9,11H2,1-2H3. The summed E-state index contributed by atoms with van der Waals surface area (Å²) in [7, 11) is 0. The van der Waals surface area contributed by atoms with Gasteiger partial charge in [0.25, 0.3) is 0 Å². The fourth-order valence-electron chi connectivity index (χ4n) is 7.87. The Labute approximate surface area is 344 Å². The van der Waals surface area contributed by atoms with Crippen molar-refractivity contribution in [3.05, 3.63) is 142 Å². The van der Waals surface area contributed by atoms with Gasteiger partial charge in [-0.05, 0) is 133 Å². The summed E-state index contributed by atoms with van der Waals surface area (Å²) in [6.45, 7) is 8.61. The second-order valence-corrected chi connectivity index (χ2v) is 16.1. The van der Waals surface area contributed by atoms with Crippen molar-refractivity contribution >= 4 is 0 Å². The van der Waals surface area contributed by atoms with E-state index in [9.17, 15) is 8.78 Å². The Morgan fingerprint density at radius 2 is 0.912 bits per heavy atom. The molecule has 0 bridgehead atoms. The zero-order chi connectivity index (χ0) is 40.2. The molecule has 6 rings (SSSR count). The molecule has 0 radical (unpaired) electrons. The second-order valence-electron chi connectivity index (χ2n) is 16.1. The summed E-state index contributed by atoms with van der Waals surface area (Å²) in [5.41, 5.74) is 9.69. The van der Waals surface area contributed by atoms with Crippen molar-refractivity contribution in [1.82, 2.24) is 0 Å². The number of rotatable bonds is 13. The molecule has 2 unspecified atom stereocenters. The average molecular weight is 763 g/mol. The maximum absolute atomic E-state index is 14.3. The SMILES string of the molecule is CCCCCC1CC=C(C#Cc2ccc(-c3ccc(CC)cc3F)cc2)CC1.CCCCCCC1CC=C(C#Cc2ccc(-c3ccc(CC)cc3F)cc2)CC1. The van der Waals surface area contributed by atoms with Crippen LogP contribution in [0.3, 0.4) is 0 Å². The van der Waals surface area contributed by atoms with Gasteiger partial charge in [0.1, 0.15) is 11.6 Å². The highest BCUT2D eigenvalue weighted by Crippen LogP contribution is 2.30. The van der Waals surface area contributed by atoms with Gasteiger partial charge in [0, 0.05) is 22.3 Å². The molecular weight excluding hydrogens is 699 g/mol. The molecule has 0 nitrogen and oxygen atoms in total. The molecule has 0 saturated heterocycles. The number of hydrogen-bond donors (Lipinski definition) is 0. The van der Waals surface area contributed by atoms with Crippen LogP contribution in [-0.4, -0.2) is 0 Å². The molecule has 0 fully saturated rings. The smallest absolute Gasteiger partial charge is 0.131 e. The van der Waals surface area contributed by atoms with E-state index < -0.39 is 0 Å². The topological polar surface area (TPSA) is 0 Å². The number of benzene rings is 4. The van der Waals surface area contributed by atoms with Crippen LogP contribution in [0, 0.1) is 47.2 Å². The quantitative estimate of drug-likeness (QED) is 0.0940. The van der Waals surface area contributed by atoms with E-state index in [0.717, 1.165) is 70.9 Å². The van der Waals surface area contributed by atoms with Crippen LogP contribution >= 0.6 is 0 Å². The van der Waals surface area contributed by atoms with Crippen LogP contribution in [0.25, 0.3) is 22.3 Å². The van der Waals surface area contributed by atoms with Gasteiger partial charge in [-0.25, -0.2) is 8.78 Å². The third-order valence-electron chi connectivity index (χ3n) is 11.7. The van der Waals surface area contributed by atoms with Gasteiger partial charge in [-0.1, -0.05) is 170 Å². The lowest BCUT2D eigenvalue weighted by Crippen LogP contribution is -2.05. The maximum atomic E-state index is 14.3. The molecule has 0 amide bonds. The Morgan fingerprint density at radius 3 is 1.28 bits per heavy atom. The summed E-state index contributed by atoms with van der Waals surface area (Å²) in [6, 6.07) is 26.9. The Balaban J connectivity index is 0.000000218. The lowest BCUT2D eigenvalue weighted by atomic mass is 9.86. The monoisotopic (exact) mass is 762 g/mol. The van der Waals surface area contributed by atoms with Crippen molar-refractivity contribution in [1.29, 1.82) is 0 Å². The van der Waals surface area contributed by atoms with Crippen LogP contribution in [0.5, 0.6) is 0 Å². The van der Waals surface area contributed by atoms with E-state index in [4.69, 9.17) is 0 Å². The molecule has 0 N–H and O–H groups in total. The summed E-state index contributed by atoms with van der Waals surface area (Å²) in [5.74, 6) is 14.7. The molecule has 0 spiro atoms. The molecule has 4 aromatic carbocycles. The molecule has 0 aliphatic heterocycles. The van der Waals surface area contributed by atoms with Crippen LogP contribution in [0.15, 0.2) is 108 Å². The minimum absolute atomic E-state index is 0.153. The molecule has 2 aliphatic carbocycles. The van der Waals surface area contributed by atoms with E-state index in [2.05, 4.69) is 49.7 Å². The van der Waals surface area contributed by atoms with Crippen molar-refractivity contribution in [2.24, 2.45) is 11.8 Å². The van der Waals surface area contributed by atoms with Crippen LogP contribution in [0.1, 0.15) is 146 Å². The molecule has 2 atom stereocenters. The molecule has 57 heavy (non-hydrogen) atoms. The normalized spacial score (nSPS) is 16.2. The van der Waals surface area contributed by atoms with E-state index in [1.54, 1.807) is 12.1 Å². The Morgan fingerprint density at radius 1 is 0.491 bits per heavy atom. The number of halogens is 2. The van der Waals surface area contributed by atoms with Gasteiger partial charge in [-0.15, -0.1) is 0 Å².